The van der Waals surface area contributed by atoms with E-state index >= 15 is 0 Å². The molecule has 80 valence electrons. The van der Waals surface area contributed by atoms with Gasteiger partial charge in [0.25, 0.3) is 0 Å². The van der Waals surface area contributed by atoms with Crippen molar-refractivity contribution < 1.29 is 4.79 Å². The number of carbonyl (C=O) groups is 1. The van der Waals surface area contributed by atoms with Crippen LogP contribution in [0.4, 0.5) is 0 Å². The molecule has 0 aliphatic heterocycles. The molecule has 0 N–H and O–H groups in total. The molecule has 0 saturated carbocycles. The fourth-order valence-electron chi connectivity index (χ4n) is 1.63. The van der Waals surface area contributed by atoms with E-state index in [0.29, 0.717) is 11.1 Å². The van der Waals surface area contributed by atoms with Crippen molar-refractivity contribution in [1.29, 1.82) is 5.26 Å². The van der Waals surface area contributed by atoms with Crippen LogP contribution in [0, 0.1) is 25.2 Å². The number of rotatable bonds is 2. The second-order valence-corrected chi connectivity index (χ2v) is 4.77. The molecule has 0 aliphatic carbocycles. The third-order valence-corrected chi connectivity index (χ3v) is 3.53. The third kappa shape index (κ3) is 1.55. The van der Waals surface area contributed by atoms with Gasteiger partial charge >= 0.3 is 0 Å². The van der Waals surface area contributed by atoms with Crippen LogP contribution >= 0.6 is 11.3 Å². The van der Waals surface area contributed by atoms with E-state index in [4.69, 9.17) is 5.26 Å². The van der Waals surface area contributed by atoms with Gasteiger partial charge in [-0.25, -0.2) is 0 Å². The zero-order valence-corrected chi connectivity index (χ0v) is 9.84. The van der Waals surface area contributed by atoms with E-state index in [-0.39, 0.29) is 0 Å². The maximum atomic E-state index is 10.8. The number of aryl methyl sites for hydroxylation is 1. The standard InChI is InChI=1S/C12H10N2OS/c1-8-5-11(6-13)12(16-8)14-4-3-10(7-15)9(14)2/h3-5,7H,1-2H3. The van der Waals surface area contributed by atoms with Gasteiger partial charge in [0.1, 0.15) is 11.1 Å². The van der Waals surface area contributed by atoms with Crippen molar-refractivity contribution in [3.63, 3.8) is 0 Å². The molecule has 0 aliphatic rings. The minimum atomic E-state index is 0.652. The first-order chi connectivity index (χ1) is 7.67. The van der Waals surface area contributed by atoms with Gasteiger partial charge in [-0.1, -0.05) is 0 Å². The molecule has 4 heteroatoms. The van der Waals surface area contributed by atoms with Gasteiger partial charge in [0.15, 0.2) is 6.29 Å². The molecule has 0 saturated heterocycles. The van der Waals surface area contributed by atoms with E-state index in [1.165, 1.54) is 0 Å². The number of hydrogen-bond donors (Lipinski definition) is 0. The number of hydrogen-bond acceptors (Lipinski definition) is 3. The smallest absolute Gasteiger partial charge is 0.151 e. The number of nitriles is 1. The highest BCUT2D eigenvalue weighted by Gasteiger charge is 2.12. The van der Waals surface area contributed by atoms with E-state index in [9.17, 15) is 4.79 Å². The normalized spacial score (nSPS) is 10.1. The molecular formula is C12H10N2OS. The van der Waals surface area contributed by atoms with Gasteiger partial charge in [0, 0.05) is 22.3 Å². The fraction of sp³-hybridized carbons (Fsp3) is 0.167. The lowest BCUT2D eigenvalue weighted by atomic mass is 10.3. The largest absolute Gasteiger partial charge is 0.311 e. The lowest BCUT2D eigenvalue weighted by molar-refractivity contribution is 0.112. The average Bonchev–Trinajstić information content (AvgIpc) is 2.81. The van der Waals surface area contributed by atoms with Crippen molar-refractivity contribution in [2.45, 2.75) is 13.8 Å². The lowest BCUT2D eigenvalue weighted by Crippen LogP contribution is -1.95. The predicted molar refractivity (Wildman–Crippen MR) is 63.2 cm³/mol. The molecule has 0 unspecified atom stereocenters. The van der Waals surface area contributed by atoms with Crippen LogP contribution in [-0.4, -0.2) is 10.9 Å². The Morgan fingerprint density at radius 2 is 2.25 bits per heavy atom. The summed E-state index contributed by atoms with van der Waals surface area (Å²) in [6, 6.07) is 5.79. The first kappa shape index (κ1) is 10.7. The number of aromatic nitrogens is 1. The number of aldehydes is 1. The molecule has 0 aromatic carbocycles. The number of nitrogens with zero attached hydrogens (tertiary/aromatic N) is 2. The number of carbonyl (C=O) groups excluding carboxylic acids is 1. The minimum Gasteiger partial charge on any atom is -0.311 e. The minimum absolute atomic E-state index is 0.652. The van der Waals surface area contributed by atoms with Crippen LogP contribution in [0.5, 0.6) is 0 Å². The molecule has 0 bridgehead atoms. The van der Waals surface area contributed by atoms with Gasteiger partial charge < -0.3 is 4.57 Å². The summed E-state index contributed by atoms with van der Waals surface area (Å²) in [6.45, 7) is 3.84. The molecule has 0 amide bonds. The summed E-state index contributed by atoms with van der Waals surface area (Å²) in [5, 5.41) is 9.90. The monoisotopic (exact) mass is 230 g/mol. The maximum absolute atomic E-state index is 10.8. The van der Waals surface area contributed by atoms with Gasteiger partial charge in [-0.3, -0.25) is 4.79 Å². The highest BCUT2D eigenvalue weighted by molar-refractivity contribution is 7.14. The Balaban J connectivity index is 2.63. The van der Waals surface area contributed by atoms with Gasteiger partial charge in [-0.2, -0.15) is 5.26 Å². The molecule has 16 heavy (non-hydrogen) atoms. The van der Waals surface area contributed by atoms with Crippen LogP contribution < -0.4 is 0 Å². The topological polar surface area (TPSA) is 45.8 Å². The Morgan fingerprint density at radius 1 is 1.50 bits per heavy atom. The van der Waals surface area contributed by atoms with Crippen LogP contribution in [0.2, 0.25) is 0 Å². The highest BCUT2D eigenvalue weighted by Crippen LogP contribution is 2.27. The van der Waals surface area contributed by atoms with Gasteiger partial charge in [0.2, 0.25) is 0 Å². The second-order valence-electron chi connectivity index (χ2n) is 3.53. The average molecular weight is 230 g/mol. The van der Waals surface area contributed by atoms with Crippen LogP contribution in [0.25, 0.3) is 5.00 Å². The molecule has 0 fully saturated rings. The van der Waals surface area contributed by atoms with Crippen LogP contribution in [0.15, 0.2) is 18.3 Å². The van der Waals surface area contributed by atoms with Crippen molar-refractivity contribution in [2.24, 2.45) is 0 Å². The zero-order valence-electron chi connectivity index (χ0n) is 9.02. The Labute approximate surface area is 97.6 Å². The fourth-order valence-corrected chi connectivity index (χ4v) is 2.62. The molecule has 2 aromatic rings. The summed E-state index contributed by atoms with van der Waals surface area (Å²) < 4.78 is 1.89. The van der Waals surface area contributed by atoms with Crippen LogP contribution in [-0.2, 0) is 0 Å². The quantitative estimate of drug-likeness (QED) is 0.745. The first-order valence-corrected chi connectivity index (χ1v) is 5.63. The molecule has 2 aromatic heterocycles. The molecule has 0 radical (unpaired) electrons. The summed E-state index contributed by atoms with van der Waals surface area (Å²) in [4.78, 5) is 11.8. The third-order valence-electron chi connectivity index (χ3n) is 2.48. The molecule has 0 spiro atoms. The Kier molecular flexibility index (Phi) is 2.63. The molecule has 3 nitrogen and oxygen atoms in total. The van der Waals surface area contributed by atoms with E-state index in [1.54, 1.807) is 17.4 Å². The van der Waals surface area contributed by atoms with Crippen LogP contribution in [0.3, 0.4) is 0 Å². The Hall–Kier alpha value is -1.86. The summed E-state index contributed by atoms with van der Waals surface area (Å²) in [7, 11) is 0. The van der Waals surface area contributed by atoms with Crippen molar-refractivity contribution in [3.05, 3.63) is 40.0 Å². The SMILES string of the molecule is Cc1cc(C#N)c(-n2ccc(C=O)c2C)s1. The first-order valence-electron chi connectivity index (χ1n) is 4.81. The van der Waals surface area contributed by atoms with Crippen LogP contribution in [0.1, 0.15) is 26.5 Å². The van der Waals surface area contributed by atoms with Gasteiger partial charge in [-0.05, 0) is 26.0 Å². The lowest BCUT2D eigenvalue weighted by Gasteiger charge is -2.03. The number of thiophene rings is 1. The zero-order chi connectivity index (χ0) is 11.7. The molecular weight excluding hydrogens is 220 g/mol. The summed E-state index contributed by atoms with van der Waals surface area (Å²) in [5.74, 6) is 0. The van der Waals surface area contributed by atoms with Crippen molar-refractivity contribution in [3.8, 4) is 11.1 Å². The summed E-state index contributed by atoms with van der Waals surface area (Å²) in [6.07, 6.45) is 2.66. The van der Waals surface area contributed by atoms with Gasteiger partial charge in [-0.15, -0.1) is 11.3 Å². The predicted octanol–water partition coefficient (Wildman–Crippen LogP) is 2.84. The molecule has 2 rings (SSSR count). The maximum Gasteiger partial charge on any atom is 0.151 e. The van der Waals surface area contributed by atoms with E-state index in [2.05, 4.69) is 6.07 Å². The second kappa shape index (κ2) is 3.95. The Bertz CT molecular complexity index is 587. The van der Waals surface area contributed by atoms with Crippen molar-refractivity contribution in [2.75, 3.05) is 0 Å². The summed E-state index contributed by atoms with van der Waals surface area (Å²) in [5.41, 5.74) is 2.18. The van der Waals surface area contributed by atoms with Crippen molar-refractivity contribution in [1.82, 2.24) is 4.57 Å². The molecule has 0 atom stereocenters. The molecule has 2 heterocycles. The van der Waals surface area contributed by atoms with Gasteiger partial charge in [0.05, 0.1) is 5.56 Å². The summed E-state index contributed by atoms with van der Waals surface area (Å²) >= 11 is 1.55. The Morgan fingerprint density at radius 3 is 2.81 bits per heavy atom. The highest BCUT2D eigenvalue weighted by atomic mass is 32.1. The van der Waals surface area contributed by atoms with E-state index < -0.39 is 0 Å². The van der Waals surface area contributed by atoms with E-state index in [1.807, 2.05) is 30.7 Å². The van der Waals surface area contributed by atoms with Crippen molar-refractivity contribution >= 4 is 17.6 Å². The van der Waals surface area contributed by atoms with E-state index in [0.717, 1.165) is 21.9 Å².